The smallest absolute Gasteiger partial charge is 0.266 e. The van der Waals surface area contributed by atoms with Crippen LogP contribution in [0.2, 0.25) is 0 Å². The number of nitrogens with two attached hydrogens (primary N) is 1. The SMILES string of the molecule is N#C/C(=C/N(CCO)Cc1ccccc1)C(=O)N1CCN(CCN)CC1. The van der Waals surface area contributed by atoms with Gasteiger partial charge in [-0.3, -0.25) is 9.69 Å². The third kappa shape index (κ3) is 5.85. The lowest BCUT2D eigenvalue weighted by molar-refractivity contribution is -0.128. The van der Waals surface area contributed by atoms with Crippen LogP contribution in [0, 0.1) is 11.3 Å². The van der Waals surface area contributed by atoms with Crippen LogP contribution in [0.1, 0.15) is 5.56 Å². The minimum Gasteiger partial charge on any atom is -0.395 e. The number of nitrogens with zero attached hydrogens (tertiary/aromatic N) is 4. The number of hydrogen-bond acceptors (Lipinski definition) is 6. The fourth-order valence-electron chi connectivity index (χ4n) is 2.98. The van der Waals surface area contributed by atoms with Gasteiger partial charge in [0.15, 0.2) is 0 Å². The van der Waals surface area contributed by atoms with Crippen molar-refractivity contribution >= 4 is 5.91 Å². The third-order valence-electron chi connectivity index (χ3n) is 4.38. The molecule has 1 heterocycles. The molecule has 0 atom stereocenters. The topological polar surface area (TPSA) is 96.8 Å². The van der Waals surface area contributed by atoms with E-state index in [9.17, 15) is 15.2 Å². The lowest BCUT2D eigenvalue weighted by Crippen LogP contribution is -2.50. The fraction of sp³-hybridized carbons (Fsp3) is 0.474. The van der Waals surface area contributed by atoms with Gasteiger partial charge in [0.1, 0.15) is 11.6 Å². The first kappa shape index (κ1) is 19.9. The van der Waals surface area contributed by atoms with E-state index >= 15 is 0 Å². The summed E-state index contributed by atoms with van der Waals surface area (Å²) in [7, 11) is 0. The summed E-state index contributed by atoms with van der Waals surface area (Å²) in [5.41, 5.74) is 6.72. The second-order valence-electron chi connectivity index (χ2n) is 6.26. The molecular formula is C19H27N5O2. The van der Waals surface area contributed by atoms with E-state index in [2.05, 4.69) is 4.90 Å². The van der Waals surface area contributed by atoms with Gasteiger partial charge in [0.25, 0.3) is 5.91 Å². The van der Waals surface area contributed by atoms with Crippen molar-refractivity contribution in [3.8, 4) is 6.07 Å². The number of aliphatic hydroxyl groups excluding tert-OH is 1. The van der Waals surface area contributed by atoms with Crippen LogP contribution in [0.25, 0.3) is 0 Å². The average molecular weight is 357 g/mol. The molecule has 0 bridgehead atoms. The monoisotopic (exact) mass is 357 g/mol. The Morgan fingerprint density at radius 1 is 1.27 bits per heavy atom. The zero-order valence-corrected chi connectivity index (χ0v) is 15.0. The summed E-state index contributed by atoms with van der Waals surface area (Å²) in [4.78, 5) is 18.4. The lowest BCUT2D eigenvalue weighted by atomic mass is 10.2. The van der Waals surface area contributed by atoms with E-state index in [0.29, 0.717) is 32.7 Å². The van der Waals surface area contributed by atoms with Gasteiger partial charge in [-0.1, -0.05) is 30.3 Å². The van der Waals surface area contributed by atoms with Gasteiger partial charge in [-0.25, -0.2) is 0 Å². The molecule has 1 aliphatic rings. The summed E-state index contributed by atoms with van der Waals surface area (Å²) >= 11 is 0. The molecule has 1 aliphatic heterocycles. The fourth-order valence-corrected chi connectivity index (χ4v) is 2.98. The molecule has 7 nitrogen and oxygen atoms in total. The summed E-state index contributed by atoms with van der Waals surface area (Å²) in [6, 6.07) is 11.8. The van der Waals surface area contributed by atoms with Crippen molar-refractivity contribution in [3.05, 3.63) is 47.7 Å². The number of carbonyl (C=O) groups excluding carboxylic acids is 1. The first-order valence-electron chi connectivity index (χ1n) is 8.90. The van der Waals surface area contributed by atoms with E-state index in [-0.39, 0.29) is 18.1 Å². The van der Waals surface area contributed by atoms with Crippen LogP contribution in [0.3, 0.4) is 0 Å². The lowest BCUT2D eigenvalue weighted by Gasteiger charge is -2.34. The highest BCUT2D eigenvalue weighted by Gasteiger charge is 2.23. The number of amides is 1. The molecule has 140 valence electrons. The maximum absolute atomic E-state index is 12.7. The van der Waals surface area contributed by atoms with Crippen LogP contribution in [0.5, 0.6) is 0 Å². The second-order valence-corrected chi connectivity index (χ2v) is 6.26. The summed E-state index contributed by atoms with van der Waals surface area (Å²) in [5.74, 6) is -0.254. The number of aliphatic hydroxyl groups is 1. The van der Waals surface area contributed by atoms with E-state index in [1.165, 1.54) is 0 Å². The first-order valence-corrected chi connectivity index (χ1v) is 8.90. The highest BCUT2D eigenvalue weighted by atomic mass is 16.3. The summed E-state index contributed by atoms with van der Waals surface area (Å²) in [6.45, 7) is 5.00. The van der Waals surface area contributed by atoms with Crippen LogP contribution in [0.4, 0.5) is 0 Å². The van der Waals surface area contributed by atoms with Crippen molar-refractivity contribution < 1.29 is 9.90 Å². The number of piperazine rings is 1. The quantitative estimate of drug-likeness (QED) is 0.502. The maximum Gasteiger partial charge on any atom is 0.266 e. The molecule has 1 aromatic rings. The van der Waals surface area contributed by atoms with Gasteiger partial charge < -0.3 is 20.6 Å². The second kappa shape index (κ2) is 10.6. The highest BCUT2D eigenvalue weighted by molar-refractivity contribution is 5.97. The van der Waals surface area contributed by atoms with Gasteiger partial charge >= 0.3 is 0 Å². The Bertz CT molecular complexity index is 633. The zero-order chi connectivity index (χ0) is 18.8. The van der Waals surface area contributed by atoms with E-state index in [1.54, 1.807) is 16.0 Å². The van der Waals surface area contributed by atoms with Gasteiger partial charge in [0.05, 0.1) is 6.61 Å². The number of benzene rings is 1. The maximum atomic E-state index is 12.7. The van der Waals surface area contributed by atoms with E-state index < -0.39 is 0 Å². The van der Waals surface area contributed by atoms with Crippen LogP contribution in [-0.4, -0.2) is 78.1 Å². The highest BCUT2D eigenvalue weighted by Crippen LogP contribution is 2.10. The molecule has 0 aromatic heterocycles. The third-order valence-corrected chi connectivity index (χ3v) is 4.38. The Kier molecular flexibility index (Phi) is 8.09. The summed E-state index contributed by atoms with van der Waals surface area (Å²) < 4.78 is 0. The van der Waals surface area contributed by atoms with Crippen LogP contribution < -0.4 is 5.73 Å². The molecule has 0 saturated carbocycles. The molecule has 0 spiro atoms. The van der Waals surface area contributed by atoms with Crippen molar-refractivity contribution in [3.63, 3.8) is 0 Å². The number of hydrogen-bond donors (Lipinski definition) is 2. The number of rotatable bonds is 8. The predicted octanol–water partition coefficient (Wildman–Crippen LogP) is -0.00872. The van der Waals surface area contributed by atoms with E-state index in [0.717, 1.165) is 25.2 Å². The van der Waals surface area contributed by atoms with Crippen molar-refractivity contribution in [2.45, 2.75) is 6.54 Å². The summed E-state index contributed by atoms with van der Waals surface area (Å²) in [6.07, 6.45) is 1.57. The van der Waals surface area contributed by atoms with Crippen molar-refractivity contribution in [2.24, 2.45) is 5.73 Å². The number of carbonyl (C=O) groups is 1. The molecule has 0 unspecified atom stereocenters. The van der Waals surface area contributed by atoms with Crippen molar-refractivity contribution in [2.75, 3.05) is 52.4 Å². The Morgan fingerprint density at radius 3 is 2.54 bits per heavy atom. The van der Waals surface area contributed by atoms with E-state index in [4.69, 9.17) is 5.73 Å². The average Bonchev–Trinajstić information content (AvgIpc) is 2.67. The Hall–Kier alpha value is -2.40. The molecule has 7 heteroatoms. The molecule has 26 heavy (non-hydrogen) atoms. The molecule has 0 radical (unpaired) electrons. The molecule has 3 N–H and O–H groups in total. The Balaban J connectivity index is 2.04. The molecule has 1 aromatic carbocycles. The van der Waals surface area contributed by atoms with Gasteiger partial charge in [0.2, 0.25) is 0 Å². The zero-order valence-electron chi connectivity index (χ0n) is 15.0. The standard InChI is InChI=1S/C19H27N5O2/c20-6-7-22-8-10-24(11-9-22)19(26)18(14-21)16-23(12-13-25)15-17-4-2-1-3-5-17/h1-5,16,25H,6-13,15,20H2/b18-16-. The first-order chi connectivity index (χ1) is 12.7. The van der Waals surface area contributed by atoms with Crippen LogP contribution in [0.15, 0.2) is 42.1 Å². The van der Waals surface area contributed by atoms with E-state index in [1.807, 2.05) is 36.4 Å². The minimum absolute atomic E-state index is 0.0476. The van der Waals surface area contributed by atoms with Gasteiger partial charge in [0, 0.05) is 58.6 Å². The molecular weight excluding hydrogens is 330 g/mol. The number of nitriles is 1. The minimum atomic E-state index is -0.254. The van der Waals surface area contributed by atoms with Crippen LogP contribution in [-0.2, 0) is 11.3 Å². The Labute approximate surface area is 154 Å². The van der Waals surface area contributed by atoms with Crippen LogP contribution >= 0.6 is 0 Å². The van der Waals surface area contributed by atoms with Crippen molar-refractivity contribution in [1.29, 1.82) is 5.26 Å². The summed E-state index contributed by atoms with van der Waals surface area (Å²) in [5, 5.41) is 18.8. The normalized spacial score (nSPS) is 15.6. The molecule has 2 rings (SSSR count). The molecule has 1 saturated heterocycles. The van der Waals surface area contributed by atoms with Gasteiger partial charge in [-0.2, -0.15) is 5.26 Å². The largest absolute Gasteiger partial charge is 0.395 e. The molecule has 1 fully saturated rings. The Morgan fingerprint density at radius 2 is 1.96 bits per heavy atom. The molecule has 0 aliphatic carbocycles. The predicted molar refractivity (Wildman–Crippen MR) is 99.7 cm³/mol. The van der Waals surface area contributed by atoms with Crippen molar-refractivity contribution in [1.82, 2.24) is 14.7 Å². The van der Waals surface area contributed by atoms with Gasteiger partial charge in [-0.05, 0) is 5.56 Å². The molecule has 1 amide bonds. The van der Waals surface area contributed by atoms with Gasteiger partial charge in [-0.15, -0.1) is 0 Å².